The van der Waals surface area contributed by atoms with Crippen LogP contribution in [0.4, 0.5) is 0 Å². The van der Waals surface area contributed by atoms with Gasteiger partial charge in [-0.2, -0.15) is 5.10 Å². The van der Waals surface area contributed by atoms with Gasteiger partial charge >= 0.3 is 0 Å². The Labute approximate surface area is 103 Å². The topological polar surface area (TPSA) is 70.1 Å². The van der Waals surface area contributed by atoms with Crippen molar-refractivity contribution in [2.24, 2.45) is 5.73 Å². The van der Waals surface area contributed by atoms with Crippen molar-refractivity contribution in [2.45, 2.75) is 25.9 Å². The molecule has 5 nitrogen and oxygen atoms in total. The lowest BCUT2D eigenvalue weighted by molar-refractivity contribution is 0.0961. The number of carbonyl (C=O) groups is 1. The summed E-state index contributed by atoms with van der Waals surface area (Å²) in [6, 6.07) is -0.148. The highest BCUT2D eigenvalue weighted by Crippen LogP contribution is 2.18. The lowest BCUT2D eigenvalue weighted by Gasteiger charge is -2.08. The fourth-order valence-electron chi connectivity index (χ4n) is 1.38. The van der Waals surface area contributed by atoms with E-state index in [1.807, 2.05) is 6.92 Å². The van der Waals surface area contributed by atoms with Crippen LogP contribution in [-0.4, -0.2) is 35.3 Å². The predicted molar refractivity (Wildman–Crippen MR) is 64.4 cm³/mol. The molecule has 0 aromatic carbocycles. The van der Waals surface area contributed by atoms with Crippen molar-refractivity contribution in [2.75, 3.05) is 13.7 Å². The summed E-state index contributed by atoms with van der Waals surface area (Å²) < 4.78 is 7.30. The van der Waals surface area contributed by atoms with Gasteiger partial charge in [-0.25, -0.2) is 0 Å². The molecule has 1 rings (SSSR count). The molecule has 1 unspecified atom stereocenters. The third-order valence-corrected chi connectivity index (χ3v) is 2.65. The number of nitrogens with two attached hydrogens (primary N) is 1. The van der Waals surface area contributed by atoms with Crippen LogP contribution in [0.1, 0.15) is 23.8 Å². The molecule has 0 fully saturated rings. The van der Waals surface area contributed by atoms with Crippen molar-refractivity contribution < 1.29 is 9.53 Å². The zero-order valence-electron chi connectivity index (χ0n) is 9.44. The van der Waals surface area contributed by atoms with E-state index >= 15 is 0 Å². The summed E-state index contributed by atoms with van der Waals surface area (Å²) in [6.45, 7) is 2.89. The normalized spacial score (nSPS) is 12.8. The van der Waals surface area contributed by atoms with E-state index in [9.17, 15) is 4.79 Å². The monoisotopic (exact) mass is 289 g/mol. The van der Waals surface area contributed by atoms with Gasteiger partial charge in [-0.1, -0.05) is 0 Å². The number of aromatic nitrogens is 2. The number of hydrogen-bond donors (Lipinski definition) is 1. The molecule has 6 heteroatoms. The second-order valence-corrected chi connectivity index (χ2v) is 4.52. The van der Waals surface area contributed by atoms with Gasteiger partial charge in [-0.3, -0.25) is 9.48 Å². The Hall–Kier alpha value is -0.720. The Balaban J connectivity index is 2.84. The average molecular weight is 290 g/mol. The molecule has 0 amide bonds. The Kier molecular flexibility index (Phi) is 5.11. The molecular formula is C10H16BrN3O2. The molecule has 16 heavy (non-hydrogen) atoms. The average Bonchev–Trinajstić information content (AvgIpc) is 2.55. The highest BCUT2D eigenvalue weighted by atomic mass is 79.9. The van der Waals surface area contributed by atoms with Gasteiger partial charge in [0.2, 0.25) is 0 Å². The largest absolute Gasteiger partial charge is 0.383 e. The van der Waals surface area contributed by atoms with Crippen LogP contribution in [0.25, 0.3) is 0 Å². The molecule has 0 spiro atoms. The Bertz CT molecular complexity index is 363. The maximum Gasteiger partial charge on any atom is 0.183 e. The maximum absolute atomic E-state index is 11.9. The van der Waals surface area contributed by atoms with Crippen LogP contribution in [0.2, 0.25) is 0 Å². The Morgan fingerprint density at radius 1 is 1.75 bits per heavy atom. The van der Waals surface area contributed by atoms with Gasteiger partial charge in [-0.15, -0.1) is 0 Å². The molecule has 1 aromatic rings. The van der Waals surface area contributed by atoms with Gasteiger partial charge in [-0.05, 0) is 22.9 Å². The minimum absolute atomic E-state index is 0.00419. The van der Waals surface area contributed by atoms with Crippen molar-refractivity contribution in [1.29, 1.82) is 0 Å². The van der Waals surface area contributed by atoms with Crippen LogP contribution in [0.5, 0.6) is 0 Å². The minimum atomic E-state index is -0.148. The summed E-state index contributed by atoms with van der Waals surface area (Å²) in [4.78, 5) is 11.9. The maximum atomic E-state index is 11.9. The zero-order chi connectivity index (χ0) is 12.1. The van der Waals surface area contributed by atoms with Crippen LogP contribution in [0.15, 0.2) is 10.7 Å². The molecule has 0 saturated heterocycles. The van der Waals surface area contributed by atoms with Crippen molar-refractivity contribution >= 4 is 21.7 Å². The zero-order valence-corrected chi connectivity index (χ0v) is 11.0. The quantitative estimate of drug-likeness (QED) is 0.800. The molecular weight excluding hydrogens is 274 g/mol. The molecule has 0 radical (unpaired) electrons. The van der Waals surface area contributed by atoms with Crippen LogP contribution in [0, 0.1) is 0 Å². The van der Waals surface area contributed by atoms with Crippen LogP contribution < -0.4 is 5.73 Å². The minimum Gasteiger partial charge on any atom is -0.383 e. The Morgan fingerprint density at radius 3 is 3.00 bits per heavy atom. The molecule has 0 aliphatic heterocycles. The highest BCUT2D eigenvalue weighted by molar-refractivity contribution is 9.10. The first-order valence-electron chi connectivity index (χ1n) is 5.05. The summed E-state index contributed by atoms with van der Waals surface area (Å²) in [5.41, 5.74) is 6.17. The first-order valence-corrected chi connectivity index (χ1v) is 5.84. The number of methoxy groups -OCH3 is 1. The second kappa shape index (κ2) is 6.12. The van der Waals surface area contributed by atoms with E-state index in [1.54, 1.807) is 18.0 Å². The molecule has 2 N–H and O–H groups in total. The third kappa shape index (κ3) is 3.40. The van der Waals surface area contributed by atoms with E-state index in [0.29, 0.717) is 29.7 Å². The van der Waals surface area contributed by atoms with E-state index in [0.717, 1.165) is 0 Å². The molecule has 0 aliphatic carbocycles. The van der Waals surface area contributed by atoms with Gasteiger partial charge < -0.3 is 10.5 Å². The SMILES string of the molecule is COCCn1ncc(Br)c1C(=O)CC(C)N. The van der Waals surface area contributed by atoms with Crippen LogP contribution in [-0.2, 0) is 11.3 Å². The first-order chi connectivity index (χ1) is 7.56. The van der Waals surface area contributed by atoms with Crippen LogP contribution >= 0.6 is 15.9 Å². The predicted octanol–water partition coefficient (Wildman–Crippen LogP) is 1.21. The number of ether oxygens (including phenoxy) is 1. The number of halogens is 1. The third-order valence-electron chi connectivity index (χ3n) is 2.07. The molecule has 0 aliphatic rings. The van der Waals surface area contributed by atoms with Gasteiger partial charge in [0.1, 0.15) is 5.69 Å². The summed E-state index contributed by atoms with van der Waals surface area (Å²) in [7, 11) is 1.61. The van der Waals surface area contributed by atoms with E-state index in [4.69, 9.17) is 10.5 Å². The van der Waals surface area contributed by atoms with Crippen molar-refractivity contribution in [1.82, 2.24) is 9.78 Å². The number of hydrogen-bond acceptors (Lipinski definition) is 4. The lowest BCUT2D eigenvalue weighted by atomic mass is 10.1. The lowest BCUT2D eigenvalue weighted by Crippen LogP contribution is -2.22. The molecule has 1 heterocycles. The fourth-order valence-corrected chi connectivity index (χ4v) is 1.89. The number of nitrogens with zero attached hydrogens (tertiary/aromatic N) is 2. The van der Waals surface area contributed by atoms with Gasteiger partial charge in [0.05, 0.1) is 23.8 Å². The van der Waals surface area contributed by atoms with Crippen molar-refractivity contribution in [3.8, 4) is 0 Å². The summed E-state index contributed by atoms with van der Waals surface area (Å²) >= 11 is 3.31. The molecule has 90 valence electrons. The smallest absolute Gasteiger partial charge is 0.183 e. The van der Waals surface area contributed by atoms with Crippen LogP contribution in [0.3, 0.4) is 0 Å². The molecule has 0 saturated carbocycles. The summed E-state index contributed by atoms with van der Waals surface area (Å²) in [5.74, 6) is -0.00419. The van der Waals surface area contributed by atoms with Crippen molar-refractivity contribution in [3.63, 3.8) is 0 Å². The highest BCUT2D eigenvalue weighted by Gasteiger charge is 2.17. The number of Topliss-reactive ketones (excluding diaryl/α,β-unsaturated/α-hetero) is 1. The van der Waals surface area contributed by atoms with Gasteiger partial charge in [0.15, 0.2) is 5.78 Å². The first kappa shape index (κ1) is 13.3. The standard InChI is InChI=1S/C10H16BrN3O2/c1-7(12)5-9(15)10-8(11)6-13-14(10)3-4-16-2/h6-7H,3-5,12H2,1-2H3. The van der Waals surface area contributed by atoms with E-state index in [-0.39, 0.29) is 11.8 Å². The van der Waals surface area contributed by atoms with E-state index < -0.39 is 0 Å². The molecule has 1 aromatic heterocycles. The number of rotatable bonds is 6. The van der Waals surface area contributed by atoms with E-state index in [1.165, 1.54) is 0 Å². The molecule has 0 bridgehead atoms. The van der Waals surface area contributed by atoms with Gasteiger partial charge in [0.25, 0.3) is 0 Å². The number of ketones is 1. The number of carbonyl (C=O) groups excluding carboxylic acids is 1. The fraction of sp³-hybridized carbons (Fsp3) is 0.600. The molecule has 1 atom stereocenters. The van der Waals surface area contributed by atoms with E-state index in [2.05, 4.69) is 21.0 Å². The summed E-state index contributed by atoms with van der Waals surface area (Å²) in [5, 5.41) is 4.11. The Morgan fingerprint density at radius 2 is 2.44 bits per heavy atom. The second-order valence-electron chi connectivity index (χ2n) is 3.66. The summed E-state index contributed by atoms with van der Waals surface area (Å²) in [6.07, 6.45) is 1.93. The van der Waals surface area contributed by atoms with Gasteiger partial charge in [0, 0.05) is 19.6 Å². The van der Waals surface area contributed by atoms with Crippen molar-refractivity contribution in [3.05, 3.63) is 16.4 Å².